The van der Waals surface area contributed by atoms with Crippen LogP contribution in [0.15, 0.2) is 48.5 Å². The van der Waals surface area contributed by atoms with Gasteiger partial charge in [-0.2, -0.15) is 0 Å². The topological polar surface area (TPSA) is 89.6 Å². The van der Waals surface area contributed by atoms with E-state index in [1.807, 2.05) is 18.2 Å². The highest BCUT2D eigenvalue weighted by atomic mass is 16.5. The third kappa shape index (κ3) is 7.34. The van der Waals surface area contributed by atoms with Crippen LogP contribution in [0.1, 0.15) is 0 Å². The number of benzene rings is 3. The van der Waals surface area contributed by atoms with Gasteiger partial charge < -0.3 is 47.5 Å². The number of ether oxygens (including phenoxy) is 9. The zero-order valence-electron chi connectivity index (χ0n) is 26.0. The van der Waals surface area contributed by atoms with Gasteiger partial charge in [-0.3, -0.25) is 4.90 Å². The summed E-state index contributed by atoms with van der Waals surface area (Å²) in [4.78, 5) is 4.72. The van der Waals surface area contributed by atoms with E-state index in [1.54, 1.807) is 74.0 Å². The summed E-state index contributed by atoms with van der Waals surface area (Å²) in [5, 5.41) is 0. The highest BCUT2D eigenvalue weighted by Gasteiger charge is 2.27. The Morgan fingerprint density at radius 2 is 0.953 bits per heavy atom. The molecule has 43 heavy (non-hydrogen) atoms. The lowest BCUT2D eigenvalue weighted by molar-refractivity contribution is 0.0859. The second-order valence-electron chi connectivity index (χ2n) is 9.69. The molecule has 0 unspecified atom stereocenters. The molecule has 11 nitrogen and oxygen atoms in total. The first kappa shape index (κ1) is 31.6. The Morgan fingerprint density at radius 3 is 1.35 bits per heavy atom. The summed E-state index contributed by atoms with van der Waals surface area (Å²) in [6.45, 7) is 3.98. The van der Waals surface area contributed by atoms with Crippen LogP contribution in [-0.2, 0) is 0 Å². The fourth-order valence-electron chi connectivity index (χ4n) is 5.14. The summed E-state index contributed by atoms with van der Waals surface area (Å²) in [5.74, 6) is 5.16. The van der Waals surface area contributed by atoms with Crippen molar-refractivity contribution >= 4 is 5.69 Å². The van der Waals surface area contributed by atoms with Crippen molar-refractivity contribution in [2.24, 2.45) is 0 Å². The summed E-state index contributed by atoms with van der Waals surface area (Å²) in [6.07, 6.45) is 0. The fraction of sp³-hybridized carbons (Fsp3) is 0.438. The molecule has 1 saturated heterocycles. The van der Waals surface area contributed by atoms with E-state index in [9.17, 15) is 0 Å². The Labute approximate surface area is 253 Å². The van der Waals surface area contributed by atoms with Gasteiger partial charge in [-0.15, -0.1) is 0 Å². The van der Waals surface area contributed by atoms with Gasteiger partial charge in [0.2, 0.25) is 11.5 Å². The highest BCUT2D eigenvalue weighted by molar-refractivity contribution is 5.59. The molecule has 1 heterocycles. The quantitative estimate of drug-likeness (QED) is 0.250. The van der Waals surface area contributed by atoms with E-state index < -0.39 is 0 Å². The lowest BCUT2D eigenvalue weighted by Crippen LogP contribution is -2.53. The largest absolute Gasteiger partial charge is 0.495 e. The maximum atomic E-state index is 6.33. The van der Waals surface area contributed by atoms with Gasteiger partial charge in [0.25, 0.3) is 0 Å². The normalized spacial score (nSPS) is 13.3. The molecule has 1 fully saturated rings. The molecule has 0 radical (unpaired) electrons. The van der Waals surface area contributed by atoms with E-state index in [-0.39, 0.29) is 6.04 Å². The molecule has 0 N–H and O–H groups in total. The molecule has 0 spiro atoms. The van der Waals surface area contributed by atoms with E-state index >= 15 is 0 Å². The van der Waals surface area contributed by atoms with Crippen LogP contribution in [0, 0.1) is 0 Å². The second kappa shape index (κ2) is 15.2. The van der Waals surface area contributed by atoms with Crippen molar-refractivity contribution in [3.05, 3.63) is 48.5 Å². The molecule has 0 saturated carbocycles. The molecular formula is C32H42N2O9. The molecule has 0 aromatic heterocycles. The van der Waals surface area contributed by atoms with Gasteiger partial charge in [0, 0.05) is 50.4 Å². The Morgan fingerprint density at radius 1 is 0.535 bits per heavy atom. The molecule has 0 aliphatic carbocycles. The summed E-state index contributed by atoms with van der Waals surface area (Å²) in [5.41, 5.74) is 1.09. The number of nitrogens with zero attached hydrogens (tertiary/aromatic N) is 2. The molecule has 1 aliphatic rings. The summed E-state index contributed by atoms with van der Waals surface area (Å²) in [7, 11) is 11.2. The number of para-hydroxylation sites is 2. The minimum Gasteiger partial charge on any atom is -0.495 e. The number of hydrogen-bond acceptors (Lipinski definition) is 11. The predicted octanol–water partition coefficient (Wildman–Crippen LogP) is 4.40. The number of rotatable bonds is 15. The van der Waals surface area contributed by atoms with E-state index in [1.165, 1.54) is 0 Å². The van der Waals surface area contributed by atoms with Crippen molar-refractivity contribution in [3.8, 4) is 51.7 Å². The van der Waals surface area contributed by atoms with Crippen LogP contribution in [-0.4, -0.2) is 100 Å². The van der Waals surface area contributed by atoms with Crippen LogP contribution < -0.4 is 47.5 Å². The van der Waals surface area contributed by atoms with E-state index in [4.69, 9.17) is 42.6 Å². The van der Waals surface area contributed by atoms with Gasteiger partial charge in [-0.05, 0) is 12.1 Å². The van der Waals surface area contributed by atoms with Crippen LogP contribution >= 0.6 is 0 Å². The zero-order valence-corrected chi connectivity index (χ0v) is 26.0. The minimum absolute atomic E-state index is 0.0852. The maximum absolute atomic E-state index is 6.33. The second-order valence-corrected chi connectivity index (χ2v) is 9.69. The molecule has 3 aromatic carbocycles. The van der Waals surface area contributed by atoms with Crippen LogP contribution in [0.3, 0.4) is 0 Å². The number of methoxy groups -OCH3 is 7. The Balaban J connectivity index is 1.54. The molecule has 234 valence electrons. The third-order valence-corrected chi connectivity index (χ3v) is 7.42. The SMILES string of the molecule is COc1ccccc1N1CCN(C(COc2cc(OC)c(OC)c(OC)c2)COc2cc(OC)c(OC)c(OC)c2)CC1. The van der Waals surface area contributed by atoms with Crippen molar-refractivity contribution in [2.75, 3.05) is 94.1 Å². The van der Waals surface area contributed by atoms with Gasteiger partial charge in [-0.1, -0.05) is 12.1 Å². The Kier molecular flexibility index (Phi) is 11.2. The number of piperazine rings is 1. The van der Waals surface area contributed by atoms with Gasteiger partial charge >= 0.3 is 0 Å². The first-order valence-corrected chi connectivity index (χ1v) is 14.0. The first-order chi connectivity index (χ1) is 21.0. The van der Waals surface area contributed by atoms with Crippen molar-refractivity contribution < 1.29 is 42.6 Å². The molecule has 1 aliphatic heterocycles. The summed E-state index contributed by atoms with van der Waals surface area (Å²) < 4.78 is 51.2. The third-order valence-electron chi connectivity index (χ3n) is 7.42. The zero-order chi connectivity index (χ0) is 30.8. The number of hydrogen-bond donors (Lipinski definition) is 0. The molecule has 0 amide bonds. The van der Waals surface area contributed by atoms with Crippen LogP contribution in [0.5, 0.6) is 51.7 Å². The van der Waals surface area contributed by atoms with Crippen molar-refractivity contribution in [2.45, 2.75) is 6.04 Å². The van der Waals surface area contributed by atoms with Crippen molar-refractivity contribution in [1.82, 2.24) is 4.90 Å². The van der Waals surface area contributed by atoms with Crippen molar-refractivity contribution in [1.29, 1.82) is 0 Å². The van der Waals surface area contributed by atoms with Crippen molar-refractivity contribution in [3.63, 3.8) is 0 Å². The predicted molar refractivity (Wildman–Crippen MR) is 164 cm³/mol. The lowest BCUT2D eigenvalue weighted by Gasteiger charge is -2.40. The monoisotopic (exact) mass is 598 g/mol. The maximum Gasteiger partial charge on any atom is 0.203 e. The molecule has 0 bridgehead atoms. The highest BCUT2D eigenvalue weighted by Crippen LogP contribution is 2.42. The Bertz CT molecular complexity index is 1210. The van der Waals surface area contributed by atoms with Gasteiger partial charge in [-0.25, -0.2) is 0 Å². The molecular weight excluding hydrogens is 556 g/mol. The fourth-order valence-corrected chi connectivity index (χ4v) is 5.14. The average Bonchev–Trinajstić information content (AvgIpc) is 3.07. The van der Waals surface area contributed by atoms with E-state index in [0.29, 0.717) is 59.2 Å². The lowest BCUT2D eigenvalue weighted by atomic mass is 10.2. The minimum atomic E-state index is -0.0852. The van der Waals surface area contributed by atoms with E-state index in [2.05, 4.69) is 15.9 Å². The first-order valence-electron chi connectivity index (χ1n) is 14.0. The standard InChI is InChI=1S/C32H42N2O9/c1-35-26-11-9-8-10-25(26)34-14-12-33(13-15-34)22(20-42-23-16-27(36-2)31(40-6)28(17-23)37-3)21-43-24-18-29(38-4)32(41-7)30(19-24)39-5/h8-11,16-19,22H,12-15,20-21H2,1-7H3. The summed E-state index contributed by atoms with van der Waals surface area (Å²) in [6, 6.07) is 15.2. The molecule has 0 atom stereocenters. The molecule has 11 heteroatoms. The van der Waals surface area contributed by atoms with E-state index in [0.717, 1.165) is 37.6 Å². The van der Waals surface area contributed by atoms with Crippen LogP contribution in [0.2, 0.25) is 0 Å². The summed E-state index contributed by atoms with van der Waals surface area (Å²) >= 11 is 0. The van der Waals surface area contributed by atoms with Gasteiger partial charge in [0.15, 0.2) is 23.0 Å². The van der Waals surface area contributed by atoms with Gasteiger partial charge in [0.1, 0.15) is 30.5 Å². The molecule has 4 rings (SSSR count). The average molecular weight is 599 g/mol. The smallest absolute Gasteiger partial charge is 0.203 e. The molecule has 3 aromatic rings. The Hall–Kier alpha value is -4.38. The van der Waals surface area contributed by atoms with Gasteiger partial charge in [0.05, 0.1) is 61.5 Å². The van der Waals surface area contributed by atoms with Crippen LogP contribution in [0.4, 0.5) is 5.69 Å². The van der Waals surface area contributed by atoms with Crippen LogP contribution in [0.25, 0.3) is 0 Å². The number of anilines is 1.